The second-order valence-electron chi connectivity index (χ2n) is 3.05. The van der Waals surface area contributed by atoms with Crippen molar-refractivity contribution >= 4 is 10.0 Å². The Balaban J connectivity index is 3.04. The lowest BCUT2D eigenvalue weighted by molar-refractivity contribution is 0.410. The van der Waals surface area contributed by atoms with Crippen molar-refractivity contribution in [2.24, 2.45) is 0 Å². The van der Waals surface area contributed by atoms with E-state index < -0.39 is 10.0 Å². The van der Waals surface area contributed by atoms with Crippen LogP contribution in [0.15, 0.2) is 17.3 Å². The molecule has 1 aromatic heterocycles. The number of nitrogens with zero attached hydrogens (tertiary/aromatic N) is 2. The van der Waals surface area contributed by atoms with Crippen molar-refractivity contribution in [2.75, 3.05) is 7.05 Å². The molecule has 1 N–H and O–H groups in total. The molecule has 1 aromatic rings. The van der Waals surface area contributed by atoms with Gasteiger partial charge >= 0.3 is 0 Å². The number of rotatable bonds is 3. The molecule has 0 aliphatic rings. The fourth-order valence-corrected chi connectivity index (χ4v) is 2.10. The molecule has 0 fully saturated rings. The van der Waals surface area contributed by atoms with Crippen molar-refractivity contribution in [3.63, 3.8) is 0 Å². The smallest absolute Gasteiger partial charge is 0.246 e. The summed E-state index contributed by atoms with van der Waals surface area (Å²) in [5.41, 5.74) is 0. The predicted molar refractivity (Wildman–Crippen MR) is 48.7 cm³/mol. The highest BCUT2D eigenvalue weighted by atomic mass is 32.2. The van der Waals surface area contributed by atoms with Crippen LogP contribution in [0.5, 0.6) is 0 Å². The van der Waals surface area contributed by atoms with Crippen molar-refractivity contribution < 1.29 is 8.42 Å². The zero-order valence-corrected chi connectivity index (χ0v) is 8.67. The highest BCUT2D eigenvalue weighted by Gasteiger charge is 2.23. The van der Waals surface area contributed by atoms with Crippen LogP contribution in [0.3, 0.4) is 0 Å². The minimum atomic E-state index is -3.36. The Morgan fingerprint density at radius 2 is 2.15 bits per heavy atom. The molecule has 0 aromatic carbocycles. The van der Waals surface area contributed by atoms with Crippen molar-refractivity contribution in [2.45, 2.75) is 24.8 Å². The molecule has 5 nitrogen and oxygen atoms in total. The Morgan fingerprint density at radius 3 is 2.54 bits per heavy atom. The predicted octanol–water partition coefficient (Wildman–Crippen LogP) is 0.439. The summed E-state index contributed by atoms with van der Waals surface area (Å²) in [6.45, 7) is 3.63. The summed E-state index contributed by atoms with van der Waals surface area (Å²) in [5, 5.41) is 6.07. The van der Waals surface area contributed by atoms with Crippen molar-refractivity contribution in [1.29, 1.82) is 0 Å². The molecule has 1 rings (SSSR count). The van der Waals surface area contributed by atoms with E-state index in [1.165, 1.54) is 16.7 Å². The molecular formula is C7H13N3O2S. The summed E-state index contributed by atoms with van der Waals surface area (Å²) in [7, 11) is -1.81. The first-order chi connectivity index (χ1) is 5.96. The van der Waals surface area contributed by atoms with Gasteiger partial charge in [0.1, 0.15) is 4.90 Å². The SMILES string of the molecule is CC(C)N(C)S(=O)(=O)c1cn[nH]c1. The number of H-pyrrole nitrogens is 1. The molecule has 0 saturated carbocycles. The second-order valence-corrected chi connectivity index (χ2v) is 5.05. The molecule has 13 heavy (non-hydrogen) atoms. The quantitative estimate of drug-likeness (QED) is 0.775. The van der Waals surface area contributed by atoms with Gasteiger partial charge in [0.15, 0.2) is 0 Å². The van der Waals surface area contributed by atoms with E-state index in [0.717, 1.165) is 0 Å². The molecule has 0 bridgehead atoms. The Labute approximate surface area is 77.8 Å². The fourth-order valence-electron chi connectivity index (χ4n) is 0.824. The molecule has 0 unspecified atom stereocenters. The van der Waals surface area contributed by atoms with Gasteiger partial charge < -0.3 is 0 Å². The van der Waals surface area contributed by atoms with Crippen LogP contribution in [0.25, 0.3) is 0 Å². The molecule has 0 amide bonds. The van der Waals surface area contributed by atoms with Gasteiger partial charge in [-0.25, -0.2) is 8.42 Å². The largest absolute Gasteiger partial charge is 0.284 e. The van der Waals surface area contributed by atoms with Crippen molar-refractivity contribution in [1.82, 2.24) is 14.5 Å². The van der Waals surface area contributed by atoms with E-state index in [4.69, 9.17) is 0 Å². The average Bonchev–Trinajstić information content (AvgIpc) is 2.54. The van der Waals surface area contributed by atoms with Gasteiger partial charge in [0, 0.05) is 19.3 Å². The number of hydrogen-bond donors (Lipinski definition) is 1. The van der Waals surface area contributed by atoms with Gasteiger partial charge in [-0.2, -0.15) is 9.40 Å². The van der Waals surface area contributed by atoms with E-state index in [0.29, 0.717) is 0 Å². The number of sulfonamides is 1. The Kier molecular flexibility index (Phi) is 2.72. The summed E-state index contributed by atoms with van der Waals surface area (Å²) in [6.07, 6.45) is 2.67. The van der Waals surface area contributed by atoms with Gasteiger partial charge in [-0.3, -0.25) is 5.10 Å². The topological polar surface area (TPSA) is 66.1 Å². The van der Waals surface area contributed by atoms with E-state index >= 15 is 0 Å². The van der Waals surface area contributed by atoms with E-state index in [1.54, 1.807) is 7.05 Å². The first-order valence-corrected chi connectivity index (χ1v) is 5.37. The zero-order valence-electron chi connectivity index (χ0n) is 7.85. The van der Waals surface area contributed by atoms with Gasteiger partial charge in [-0.05, 0) is 13.8 Å². The summed E-state index contributed by atoms with van der Waals surface area (Å²) < 4.78 is 24.7. The van der Waals surface area contributed by atoms with Gasteiger partial charge in [0.2, 0.25) is 10.0 Å². The van der Waals surface area contributed by atoms with Crippen molar-refractivity contribution in [3.8, 4) is 0 Å². The minimum absolute atomic E-state index is 0.0556. The summed E-state index contributed by atoms with van der Waals surface area (Å²) >= 11 is 0. The van der Waals surface area contributed by atoms with Crippen LogP contribution < -0.4 is 0 Å². The Hall–Kier alpha value is -0.880. The Morgan fingerprint density at radius 1 is 1.54 bits per heavy atom. The summed E-state index contributed by atoms with van der Waals surface area (Å²) in [5.74, 6) is 0. The molecule has 0 aliphatic heterocycles. The average molecular weight is 203 g/mol. The van der Waals surface area contributed by atoms with E-state index in [2.05, 4.69) is 10.2 Å². The lowest BCUT2D eigenvalue weighted by atomic mass is 10.4. The van der Waals surface area contributed by atoms with Gasteiger partial charge in [-0.1, -0.05) is 0 Å². The standard InChI is InChI=1S/C7H13N3O2S/c1-6(2)10(3)13(11,12)7-4-8-9-5-7/h4-6H,1-3H3,(H,8,9). The lowest BCUT2D eigenvalue weighted by Crippen LogP contribution is -2.32. The highest BCUT2D eigenvalue weighted by Crippen LogP contribution is 2.13. The molecule has 0 radical (unpaired) electrons. The number of nitrogens with one attached hydrogen (secondary N) is 1. The lowest BCUT2D eigenvalue weighted by Gasteiger charge is -2.19. The first-order valence-electron chi connectivity index (χ1n) is 3.93. The van der Waals surface area contributed by atoms with Crippen LogP contribution in [0.4, 0.5) is 0 Å². The third kappa shape index (κ3) is 1.89. The van der Waals surface area contributed by atoms with Gasteiger partial charge in [-0.15, -0.1) is 0 Å². The van der Waals surface area contributed by atoms with Crippen LogP contribution in [-0.4, -0.2) is 36.0 Å². The third-order valence-corrected chi connectivity index (χ3v) is 3.88. The van der Waals surface area contributed by atoms with Crippen LogP contribution in [0.2, 0.25) is 0 Å². The molecule has 0 saturated heterocycles. The van der Waals surface area contributed by atoms with Crippen LogP contribution in [0, 0.1) is 0 Å². The maximum Gasteiger partial charge on any atom is 0.246 e. The summed E-state index contributed by atoms with van der Waals surface area (Å²) in [4.78, 5) is 0.198. The van der Waals surface area contributed by atoms with Crippen LogP contribution in [0.1, 0.15) is 13.8 Å². The maximum absolute atomic E-state index is 11.7. The first kappa shape index (κ1) is 10.2. The summed E-state index contributed by atoms with van der Waals surface area (Å²) in [6, 6.07) is -0.0556. The molecule has 6 heteroatoms. The highest BCUT2D eigenvalue weighted by molar-refractivity contribution is 7.89. The van der Waals surface area contributed by atoms with E-state index in [9.17, 15) is 8.42 Å². The van der Waals surface area contributed by atoms with Gasteiger partial charge in [0.25, 0.3) is 0 Å². The monoisotopic (exact) mass is 203 g/mol. The molecule has 0 aliphatic carbocycles. The zero-order chi connectivity index (χ0) is 10.1. The third-order valence-electron chi connectivity index (χ3n) is 1.88. The molecule has 0 atom stereocenters. The molecule has 74 valence electrons. The number of aromatic nitrogens is 2. The van der Waals surface area contributed by atoms with E-state index in [1.807, 2.05) is 13.8 Å². The van der Waals surface area contributed by atoms with Gasteiger partial charge in [0.05, 0.1) is 6.20 Å². The molecule has 1 heterocycles. The number of hydrogen-bond acceptors (Lipinski definition) is 3. The second kappa shape index (κ2) is 3.47. The number of aromatic amines is 1. The minimum Gasteiger partial charge on any atom is -0.284 e. The van der Waals surface area contributed by atoms with Crippen LogP contribution >= 0.6 is 0 Å². The van der Waals surface area contributed by atoms with E-state index in [-0.39, 0.29) is 10.9 Å². The molecular weight excluding hydrogens is 190 g/mol. The Bertz CT molecular complexity index is 355. The van der Waals surface area contributed by atoms with Crippen molar-refractivity contribution in [3.05, 3.63) is 12.4 Å². The fraction of sp³-hybridized carbons (Fsp3) is 0.571. The maximum atomic E-state index is 11.7. The van der Waals surface area contributed by atoms with Crippen LogP contribution in [-0.2, 0) is 10.0 Å². The molecule has 0 spiro atoms. The normalized spacial score (nSPS) is 12.7.